The Morgan fingerprint density at radius 1 is 1.48 bits per heavy atom. The number of aliphatic hydroxyl groups excluding tert-OH is 1. The highest BCUT2D eigenvalue weighted by molar-refractivity contribution is 6.41. The lowest BCUT2D eigenvalue weighted by atomic mass is 9.92. The van der Waals surface area contributed by atoms with Gasteiger partial charge in [-0.1, -0.05) is 23.2 Å². The highest BCUT2D eigenvalue weighted by Crippen LogP contribution is 2.25. The summed E-state index contributed by atoms with van der Waals surface area (Å²) in [6.45, 7) is 3.55. The maximum absolute atomic E-state index is 12.1. The van der Waals surface area contributed by atoms with Crippen LogP contribution in [-0.4, -0.2) is 39.8 Å². The van der Waals surface area contributed by atoms with Crippen LogP contribution in [0.5, 0.6) is 0 Å². The molecule has 0 radical (unpaired) electrons. The fourth-order valence-corrected chi connectivity index (χ4v) is 3.04. The minimum atomic E-state index is -0.303. The molecule has 0 aromatic carbocycles. The van der Waals surface area contributed by atoms with Crippen LogP contribution in [0.15, 0.2) is 6.07 Å². The van der Waals surface area contributed by atoms with Gasteiger partial charge in [0, 0.05) is 25.8 Å². The monoisotopic (exact) mass is 333 g/mol. The zero-order valence-corrected chi connectivity index (χ0v) is 13.8. The van der Waals surface area contributed by atoms with Crippen molar-refractivity contribution in [1.29, 1.82) is 0 Å². The van der Waals surface area contributed by atoms with Gasteiger partial charge in [0.1, 0.15) is 5.15 Å². The topological polar surface area (TPSA) is 57.5 Å². The molecular formula is C14H21Cl2N3O2. The van der Waals surface area contributed by atoms with E-state index < -0.39 is 0 Å². The summed E-state index contributed by atoms with van der Waals surface area (Å²) in [5.41, 5.74) is 0.859. The van der Waals surface area contributed by atoms with Crippen molar-refractivity contribution >= 4 is 29.2 Å². The molecule has 1 aliphatic rings. The molecule has 0 bridgehead atoms. The number of rotatable bonds is 3. The molecule has 2 heterocycles. The van der Waals surface area contributed by atoms with Crippen molar-refractivity contribution in [1.82, 2.24) is 14.8 Å². The van der Waals surface area contributed by atoms with Crippen LogP contribution in [0.2, 0.25) is 10.2 Å². The highest BCUT2D eigenvalue weighted by Gasteiger charge is 2.25. The second-order valence-electron chi connectivity index (χ2n) is 5.56. The normalized spacial score (nSPS) is 17.9. The summed E-state index contributed by atoms with van der Waals surface area (Å²) in [5, 5.41) is 13.4. The lowest BCUT2D eigenvalue weighted by molar-refractivity contribution is 0.0797. The number of piperidine rings is 1. The number of carbonyl (C=O) groups excluding carboxylic acids is 1. The second-order valence-corrected chi connectivity index (χ2v) is 6.32. The van der Waals surface area contributed by atoms with Crippen molar-refractivity contribution in [3.63, 3.8) is 0 Å². The summed E-state index contributed by atoms with van der Waals surface area (Å²) >= 11 is 11.9. The molecule has 1 atom stereocenters. The lowest BCUT2D eigenvalue weighted by Gasteiger charge is -2.33. The van der Waals surface area contributed by atoms with Crippen LogP contribution in [0.25, 0.3) is 0 Å². The third-order valence-electron chi connectivity index (χ3n) is 4.15. The van der Waals surface area contributed by atoms with Gasteiger partial charge in [-0.05, 0) is 31.7 Å². The highest BCUT2D eigenvalue weighted by atomic mass is 35.5. The molecular weight excluding hydrogens is 313 g/mol. The predicted molar refractivity (Wildman–Crippen MR) is 83.6 cm³/mol. The first-order chi connectivity index (χ1) is 9.90. The second kappa shape index (κ2) is 6.90. The van der Waals surface area contributed by atoms with Crippen LogP contribution >= 0.6 is 23.2 Å². The largest absolute Gasteiger partial charge is 0.393 e. The predicted octanol–water partition coefficient (Wildman–Crippen LogP) is 2.63. The molecule has 5 nitrogen and oxygen atoms in total. The third kappa shape index (κ3) is 3.84. The van der Waals surface area contributed by atoms with Gasteiger partial charge < -0.3 is 19.9 Å². The van der Waals surface area contributed by atoms with E-state index in [0.29, 0.717) is 35.7 Å². The Hall–Kier alpha value is -0.910. The molecule has 7 heteroatoms. The molecule has 1 fully saturated rings. The molecule has 2 N–H and O–H groups in total. The number of hydrogen-bond acceptors (Lipinski definition) is 2. The lowest BCUT2D eigenvalue weighted by Crippen LogP contribution is -2.45. The number of carbonyl (C=O) groups is 1. The standard InChI is InChI=1S/C14H21Cl2N3O2/c1-9(20)10-3-5-19(6-4-10)14(21)17-8-11-7-12(15)13(16)18(11)2/h7,9-10,20H,3-6,8H2,1-2H3,(H,17,21). The SMILES string of the molecule is CC(O)C1CCN(C(=O)NCc2cc(Cl)c(Cl)n2C)CC1. The smallest absolute Gasteiger partial charge is 0.317 e. The Bertz CT molecular complexity index is 509. The molecule has 0 aliphatic carbocycles. The number of urea groups is 1. The van der Waals surface area contributed by atoms with Crippen LogP contribution in [0.3, 0.4) is 0 Å². The first kappa shape index (κ1) is 16.5. The van der Waals surface area contributed by atoms with Crippen molar-refractivity contribution < 1.29 is 9.90 Å². The number of nitrogens with zero attached hydrogens (tertiary/aromatic N) is 2. The van der Waals surface area contributed by atoms with Gasteiger partial charge in [-0.3, -0.25) is 0 Å². The van der Waals surface area contributed by atoms with E-state index >= 15 is 0 Å². The van der Waals surface area contributed by atoms with Crippen LogP contribution in [0.1, 0.15) is 25.5 Å². The van der Waals surface area contributed by atoms with E-state index in [-0.39, 0.29) is 12.1 Å². The van der Waals surface area contributed by atoms with Gasteiger partial charge in [0.05, 0.1) is 17.7 Å². The maximum atomic E-state index is 12.1. The van der Waals surface area contributed by atoms with Crippen molar-refractivity contribution in [3.05, 3.63) is 21.9 Å². The van der Waals surface area contributed by atoms with E-state index in [4.69, 9.17) is 23.2 Å². The number of aromatic nitrogens is 1. The minimum Gasteiger partial charge on any atom is -0.393 e. The first-order valence-electron chi connectivity index (χ1n) is 7.10. The van der Waals surface area contributed by atoms with Crippen LogP contribution in [0.4, 0.5) is 4.79 Å². The zero-order chi connectivity index (χ0) is 15.6. The third-order valence-corrected chi connectivity index (χ3v) is 4.99. The van der Waals surface area contributed by atoms with E-state index in [9.17, 15) is 9.90 Å². The molecule has 2 rings (SSSR count). The molecule has 1 aliphatic heterocycles. The number of nitrogens with one attached hydrogen (secondary N) is 1. The number of hydrogen-bond donors (Lipinski definition) is 2. The van der Waals surface area contributed by atoms with Gasteiger partial charge in [-0.2, -0.15) is 0 Å². The number of aliphatic hydroxyl groups is 1. The summed E-state index contributed by atoms with van der Waals surface area (Å²) in [7, 11) is 1.81. The van der Waals surface area contributed by atoms with E-state index in [2.05, 4.69) is 5.32 Å². The summed E-state index contributed by atoms with van der Waals surface area (Å²) < 4.78 is 1.75. The summed E-state index contributed by atoms with van der Waals surface area (Å²) in [5.74, 6) is 0.291. The van der Waals surface area contributed by atoms with Crippen molar-refractivity contribution in [2.75, 3.05) is 13.1 Å². The summed E-state index contributed by atoms with van der Waals surface area (Å²) in [6, 6.07) is 1.66. The Labute approximate surface area is 134 Å². The minimum absolute atomic E-state index is 0.0903. The Balaban J connectivity index is 1.84. The van der Waals surface area contributed by atoms with Gasteiger partial charge in [-0.15, -0.1) is 0 Å². The van der Waals surface area contributed by atoms with Gasteiger partial charge >= 0.3 is 6.03 Å². The van der Waals surface area contributed by atoms with Crippen LogP contribution in [-0.2, 0) is 13.6 Å². The number of halogens is 2. The summed E-state index contributed by atoms with van der Waals surface area (Å²) in [6.07, 6.45) is 1.38. The van der Waals surface area contributed by atoms with Gasteiger partial charge in [0.15, 0.2) is 0 Å². The van der Waals surface area contributed by atoms with E-state index in [1.807, 2.05) is 14.0 Å². The van der Waals surface area contributed by atoms with Gasteiger partial charge in [-0.25, -0.2) is 4.79 Å². The zero-order valence-electron chi connectivity index (χ0n) is 12.3. The molecule has 1 aromatic rings. The average molecular weight is 334 g/mol. The van der Waals surface area contributed by atoms with Crippen LogP contribution in [0, 0.1) is 5.92 Å². The molecule has 1 unspecified atom stereocenters. The van der Waals surface area contributed by atoms with Crippen molar-refractivity contribution in [2.45, 2.75) is 32.4 Å². The molecule has 21 heavy (non-hydrogen) atoms. The van der Waals surface area contributed by atoms with Gasteiger partial charge in [0.25, 0.3) is 0 Å². The fourth-order valence-electron chi connectivity index (χ4n) is 2.62. The molecule has 0 saturated carbocycles. The number of likely N-dealkylation sites (tertiary alicyclic amines) is 1. The summed E-state index contributed by atoms with van der Waals surface area (Å²) in [4.78, 5) is 13.9. The number of amides is 2. The Morgan fingerprint density at radius 2 is 2.10 bits per heavy atom. The molecule has 1 saturated heterocycles. The van der Waals surface area contributed by atoms with Crippen molar-refractivity contribution in [3.8, 4) is 0 Å². The Kier molecular flexibility index (Phi) is 5.41. The van der Waals surface area contributed by atoms with Gasteiger partial charge in [0.2, 0.25) is 0 Å². The average Bonchev–Trinajstić information content (AvgIpc) is 2.72. The molecule has 118 valence electrons. The van der Waals surface area contributed by atoms with Crippen LogP contribution < -0.4 is 5.32 Å². The Morgan fingerprint density at radius 3 is 2.57 bits per heavy atom. The maximum Gasteiger partial charge on any atom is 0.317 e. The molecule has 1 aromatic heterocycles. The quantitative estimate of drug-likeness (QED) is 0.893. The fraction of sp³-hybridized carbons (Fsp3) is 0.643. The first-order valence-corrected chi connectivity index (χ1v) is 7.86. The van der Waals surface area contributed by atoms with E-state index in [0.717, 1.165) is 18.5 Å². The molecule has 2 amide bonds. The molecule has 0 spiro atoms. The van der Waals surface area contributed by atoms with E-state index in [1.54, 1.807) is 15.5 Å². The van der Waals surface area contributed by atoms with E-state index in [1.165, 1.54) is 0 Å². The van der Waals surface area contributed by atoms with Crippen molar-refractivity contribution in [2.24, 2.45) is 13.0 Å².